The number of ether oxygens (including phenoxy) is 1. The number of aryl methyl sites for hydroxylation is 1. The van der Waals surface area contributed by atoms with E-state index in [-0.39, 0.29) is 24.2 Å². The first kappa shape index (κ1) is 22.9. The maximum atomic E-state index is 13.5. The van der Waals surface area contributed by atoms with Gasteiger partial charge in [-0.05, 0) is 24.1 Å². The third kappa shape index (κ3) is 5.04. The van der Waals surface area contributed by atoms with Crippen molar-refractivity contribution in [2.75, 3.05) is 7.11 Å². The van der Waals surface area contributed by atoms with Crippen molar-refractivity contribution in [3.8, 4) is 0 Å². The minimum atomic E-state index is -0.615. The Kier molecular flexibility index (Phi) is 6.82. The van der Waals surface area contributed by atoms with E-state index in [1.807, 2.05) is 61.5 Å². The Morgan fingerprint density at radius 3 is 2.26 bits per heavy atom. The highest BCUT2D eigenvalue weighted by Crippen LogP contribution is 2.21. The molecule has 0 bridgehead atoms. The third-order valence-electron chi connectivity index (χ3n) is 5.64. The SMILES string of the molecule is COC(=O)CC(NC(=O)c1nn(Cc2ccccc2)c(=O)c2ccccc12)c1ccc(C)cc1. The van der Waals surface area contributed by atoms with E-state index in [1.54, 1.807) is 24.3 Å². The first-order valence-corrected chi connectivity index (χ1v) is 10.9. The lowest BCUT2D eigenvalue weighted by molar-refractivity contribution is -0.141. The zero-order valence-corrected chi connectivity index (χ0v) is 19.0. The number of hydrogen-bond acceptors (Lipinski definition) is 5. The van der Waals surface area contributed by atoms with E-state index in [0.717, 1.165) is 16.7 Å². The van der Waals surface area contributed by atoms with Crippen molar-refractivity contribution >= 4 is 22.6 Å². The highest BCUT2D eigenvalue weighted by molar-refractivity contribution is 6.05. The van der Waals surface area contributed by atoms with Crippen LogP contribution in [0, 0.1) is 6.92 Å². The molecule has 0 radical (unpaired) electrons. The normalized spacial score (nSPS) is 11.7. The molecule has 4 aromatic rings. The van der Waals surface area contributed by atoms with Crippen LogP contribution in [-0.2, 0) is 16.1 Å². The number of carbonyl (C=O) groups is 2. The maximum Gasteiger partial charge on any atom is 0.307 e. The van der Waals surface area contributed by atoms with Crippen LogP contribution < -0.4 is 10.9 Å². The quantitative estimate of drug-likeness (QED) is 0.428. The molecular formula is C27H25N3O4. The van der Waals surface area contributed by atoms with Crippen molar-refractivity contribution in [3.05, 3.63) is 112 Å². The smallest absolute Gasteiger partial charge is 0.307 e. The van der Waals surface area contributed by atoms with E-state index in [9.17, 15) is 14.4 Å². The third-order valence-corrected chi connectivity index (χ3v) is 5.64. The number of aromatic nitrogens is 2. The number of amides is 1. The molecule has 3 aromatic carbocycles. The summed E-state index contributed by atoms with van der Waals surface area (Å²) in [6.45, 7) is 2.19. The van der Waals surface area contributed by atoms with Crippen molar-refractivity contribution in [2.24, 2.45) is 0 Å². The van der Waals surface area contributed by atoms with Gasteiger partial charge in [-0.3, -0.25) is 14.4 Å². The molecule has 7 nitrogen and oxygen atoms in total. The molecule has 1 amide bonds. The predicted octanol–water partition coefficient (Wildman–Crippen LogP) is 3.79. The van der Waals surface area contributed by atoms with Gasteiger partial charge in [-0.15, -0.1) is 0 Å². The first-order valence-electron chi connectivity index (χ1n) is 10.9. The highest BCUT2D eigenvalue weighted by Gasteiger charge is 2.23. The molecular weight excluding hydrogens is 430 g/mol. The molecule has 172 valence electrons. The van der Waals surface area contributed by atoms with Crippen molar-refractivity contribution in [1.82, 2.24) is 15.1 Å². The summed E-state index contributed by atoms with van der Waals surface area (Å²) in [6.07, 6.45) is -0.0348. The van der Waals surface area contributed by atoms with Crippen LogP contribution >= 0.6 is 0 Å². The number of methoxy groups -OCH3 is 1. The van der Waals surface area contributed by atoms with Crippen LogP contribution in [0.2, 0.25) is 0 Å². The Morgan fingerprint density at radius 1 is 0.941 bits per heavy atom. The van der Waals surface area contributed by atoms with Crippen LogP contribution in [-0.4, -0.2) is 28.8 Å². The van der Waals surface area contributed by atoms with Gasteiger partial charge in [0, 0.05) is 5.39 Å². The summed E-state index contributed by atoms with van der Waals surface area (Å²) in [5.74, 6) is -0.926. The molecule has 4 rings (SSSR count). The van der Waals surface area contributed by atoms with Crippen LogP contribution in [0.1, 0.15) is 39.6 Å². The lowest BCUT2D eigenvalue weighted by Crippen LogP contribution is -2.34. The summed E-state index contributed by atoms with van der Waals surface area (Å²) in [4.78, 5) is 38.6. The van der Waals surface area contributed by atoms with E-state index in [1.165, 1.54) is 11.8 Å². The lowest BCUT2D eigenvalue weighted by Gasteiger charge is -2.19. The standard InChI is InChI=1S/C27H25N3O4/c1-18-12-14-20(15-13-18)23(16-24(31)34-2)28-26(32)25-21-10-6-7-11-22(21)27(33)30(29-25)17-19-8-4-3-5-9-19/h3-15,23H,16-17H2,1-2H3,(H,28,32). The number of nitrogens with zero attached hydrogens (tertiary/aromatic N) is 2. The van der Waals surface area contributed by atoms with Gasteiger partial charge in [0.15, 0.2) is 5.69 Å². The van der Waals surface area contributed by atoms with Crippen LogP contribution in [0.4, 0.5) is 0 Å². The number of hydrogen-bond donors (Lipinski definition) is 1. The van der Waals surface area contributed by atoms with E-state index in [0.29, 0.717) is 10.8 Å². The molecule has 0 saturated carbocycles. The molecule has 1 atom stereocenters. The van der Waals surface area contributed by atoms with Gasteiger partial charge in [0.1, 0.15) is 0 Å². The molecule has 7 heteroatoms. The van der Waals surface area contributed by atoms with Gasteiger partial charge in [0.05, 0.1) is 31.5 Å². The summed E-state index contributed by atoms with van der Waals surface area (Å²) < 4.78 is 6.13. The molecule has 0 aliphatic rings. The Labute approximate surface area is 197 Å². The number of carbonyl (C=O) groups excluding carboxylic acids is 2. The zero-order chi connectivity index (χ0) is 24.1. The average Bonchev–Trinajstić information content (AvgIpc) is 2.86. The van der Waals surface area contributed by atoms with E-state index in [2.05, 4.69) is 10.4 Å². The van der Waals surface area contributed by atoms with Gasteiger partial charge in [0.25, 0.3) is 11.5 Å². The highest BCUT2D eigenvalue weighted by atomic mass is 16.5. The Bertz CT molecular complexity index is 1380. The molecule has 0 spiro atoms. The van der Waals surface area contributed by atoms with Crippen molar-refractivity contribution in [1.29, 1.82) is 0 Å². The summed E-state index contributed by atoms with van der Waals surface area (Å²) in [5.41, 5.74) is 2.56. The minimum absolute atomic E-state index is 0.0348. The fourth-order valence-electron chi connectivity index (χ4n) is 3.79. The number of rotatable bonds is 7. The van der Waals surface area contributed by atoms with Gasteiger partial charge in [-0.1, -0.05) is 78.4 Å². The summed E-state index contributed by atoms with van der Waals surface area (Å²) in [6, 6.07) is 23.3. The average molecular weight is 456 g/mol. The number of fused-ring (bicyclic) bond motifs is 1. The van der Waals surface area contributed by atoms with Gasteiger partial charge in [-0.2, -0.15) is 5.10 Å². The molecule has 1 N–H and O–H groups in total. The molecule has 0 aliphatic heterocycles. The summed E-state index contributed by atoms with van der Waals surface area (Å²) in [5, 5.41) is 8.21. The van der Waals surface area contributed by atoms with Crippen molar-refractivity contribution < 1.29 is 14.3 Å². The van der Waals surface area contributed by atoms with Crippen LogP contribution in [0.3, 0.4) is 0 Å². The van der Waals surface area contributed by atoms with Gasteiger partial charge in [-0.25, -0.2) is 4.68 Å². The minimum Gasteiger partial charge on any atom is -0.469 e. The van der Waals surface area contributed by atoms with E-state index >= 15 is 0 Å². The topological polar surface area (TPSA) is 90.3 Å². The van der Waals surface area contributed by atoms with Crippen molar-refractivity contribution in [3.63, 3.8) is 0 Å². The Hall–Kier alpha value is -4.26. The van der Waals surface area contributed by atoms with Gasteiger partial charge >= 0.3 is 5.97 Å². The van der Waals surface area contributed by atoms with Crippen LogP contribution in [0.15, 0.2) is 83.7 Å². The second-order valence-corrected chi connectivity index (χ2v) is 8.06. The fourth-order valence-corrected chi connectivity index (χ4v) is 3.79. The molecule has 1 aromatic heterocycles. The molecule has 0 aliphatic carbocycles. The summed E-state index contributed by atoms with van der Waals surface area (Å²) in [7, 11) is 1.31. The van der Waals surface area contributed by atoms with Gasteiger partial charge < -0.3 is 10.1 Å². The summed E-state index contributed by atoms with van der Waals surface area (Å²) >= 11 is 0. The van der Waals surface area contributed by atoms with Crippen molar-refractivity contribution in [2.45, 2.75) is 25.9 Å². The Balaban J connectivity index is 1.74. The molecule has 1 unspecified atom stereocenters. The molecule has 0 fully saturated rings. The second kappa shape index (κ2) is 10.1. The largest absolute Gasteiger partial charge is 0.469 e. The lowest BCUT2D eigenvalue weighted by atomic mass is 10.0. The Morgan fingerprint density at radius 2 is 1.59 bits per heavy atom. The number of benzene rings is 3. The van der Waals surface area contributed by atoms with Crippen LogP contribution in [0.5, 0.6) is 0 Å². The second-order valence-electron chi connectivity index (χ2n) is 8.06. The zero-order valence-electron chi connectivity index (χ0n) is 19.0. The predicted molar refractivity (Wildman–Crippen MR) is 130 cm³/mol. The molecule has 1 heterocycles. The van der Waals surface area contributed by atoms with Gasteiger partial charge in [0.2, 0.25) is 0 Å². The number of esters is 1. The monoisotopic (exact) mass is 455 g/mol. The molecule has 34 heavy (non-hydrogen) atoms. The molecule has 0 saturated heterocycles. The fraction of sp³-hybridized carbons (Fsp3) is 0.185. The van der Waals surface area contributed by atoms with Crippen LogP contribution in [0.25, 0.3) is 10.8 Å². The van der Waals surface area contributed by atoms with E-state index in [4.69, 9.17) is 4.74 Å². The number of nitrogens with one attached hydrogen (secondary N) is 1. The van der Waals surface area contributed by atoms with E-state index < -0.39 is 17.9 Å². The maximum absolute atomic E-state index is 13.5. The first-order chi connectivity index (χ1) is 16.5.